The molecule has 1 fully saturated rings. The molecule has 1 N–H and O–H groups in total. The topological polar surface area (TPSA) is 50.2 Å². The molecule has 1 saturated carbocycles. The molecule has 0 aromatic carbocycles. The molecule has 1 aromatic heterocycles. The Bertz CT molecular complexity index is 380. The summed E-state index contributed by atoms with van der Waals surface area (Å²) in [4.78, 5) is 16.4. The van der Waals surface area contributed by atoms with E-state index >= 15 is 0 Å². The van der Waals surface area contributed by atoms with E-state index in [0.29, 0.717) is 12.3 Å². The molecule has 0 unspecified atom stereocenters. The first-order chi connectivity index (χ1) is 7.66. The van der Waals surface area contributed by atoms with Gasteiger partial charge in [-0.3, -0.25) is 4.79 Å². The largest absolute Gasteiger partial charge is 0.481 e. The lowest BCUT2D eigenvalue weighted by Gasteiger charge is -2.05. The molecule has 0 bridgehead atoms. The van der Waals surface area contributed by atoms with Gasteiger partial charge in [0.25, 0.3) is 0 Å². The van der Waals surface area contributed by atoms with Crippen LogP contribution in [0.1, 0.15) is 53.6 Å². The first-order valence-corrected chi connectivity index (χ1v) is 6.66. The van der Waals surface area contributed by atoms with Crippen molar-refractivity contribution in [1.29, 1.82) is 0 Å². The van der Waals surface area contributed by atoms with Crippen LogP contribution in [0.2, 0.25) is 0 Å². The smallest absolute Gasteiger partial charge is 0.303 e. The van der Waals surface area contributed by atoms with Crippen LogP contribution in [-0.2, 0) is 11.2 Å². The van der Waals surface area contributed by atoms with Crippen molar-refractivity contribution in [2.75, 3.05) is 0 Å². The van der Waals surface area contributed by atoms with E-state index in [1.54, 1.807) is 11.3 Å². The summed E-state index contributed by atoms with van der Waals surface area (Å²) in [5, 5.41) is 9.63. The minimum Gasteiger partial charge on any atom is -0.481 e. The van der Waals surface area contributed by atoms with E-state index in [-0.39, 0.29) is 6.42 Å². The first kappa shape index (κ1) is 11.6. The number of carbonyl (C=O) groups is 1. The summed E-state index contributed by atoms with van der Waals surface area (Å²) in [6.07, 6.45) is 5.90. The zero-order chi connectivity index (χ0) is 11.5. The zero-order valence-corrected chi connectivity index (χ0v) is 10.3. The number of rotatable bonds is 4. The van der Waals surface area contributed by atoms with Crippen LogP contribution in [0.3, 0.4) is 0 Å². The lowest BCUT2D eigenvalue weighted by Crippen LogP contribution is -1.98. The lowest BCUT2D eigenvalue weighted by atomic mass is 10.0. The standard InChI is InChI=1S/C12H17NO2S/c1-8-12(9-4-2-3-5-9)13-10(16-8)6-7-11(14)15/h9H,2-7H2,1H3,(H,14,15). The predicted octanol–water partition coefficient (Wildman–Crippen LogP) is 3.13. The van der Waals surface area contributed by atoms with Crippen LogP contribution in [0, 0.1) is 6.92 Å². The Balaban J connectivity index is 2.05. The number of hydrogen-bond donors (Lipinski definition) is 1. The Morgan fingerprint density at radius 3 is 2.81 bits per heavy atom. The molecule has 16 heavy (non-hydrogen) atoms. The normalized spacial score (nSPS) is 16.8. The van der Waals surface area contributed by atoms with E-state index in [9.17, 15) is 4.79 Å². The van der Waals surface area contributed by atoms with Crippen molar-refractivity contribution in [3.63, 3.8) is 0 Å². The zero-order valence-electron chi connectivity index (χ0n) is 9.53. The molecule has 4 heteroatoms. The monoisotopic (exact) mass is 239 g/mol. The van der Waals surface area contributed by atoms with Gasteiger partial charge in [0.15, 0.2) is 0 Å². The third-order valence-electron chi connectivity index (χ3n) is 3.17. The van der Waals surface area contributed by atoms with Gasteiger partial charge in [0.1, 0.15) is 0 Å². The van der Waals surface area contributed by atoms with Crippen LogP contribution < -0.4 is 0 Å². The fraction of sp³-hybridized carbons (Fsp3) is 0.667. The third kappa shape index (κ3) is 2.61. The van der Waals surface area contributed by atoms with Crippen LogP contribution >= 0.6 is 11.3 Å². The predicted molar refractivity (Wildman–Crippen MR) is 64.0 cm³/mol. The van der Waals surface area contributed by atoms with Crippen molar-refractivity contribution in [3.05, 3.63) is 15.6 Å². The van der Waals surface area contributed by atoms with E-state index in [0.717, 1.165) is 5.01 Å². The molecule has 88 valence electrons. The number of hydrogen-bond acceptors (Lipinski definition) is 3. The van der Waals surface area contributed by atoms with Gasteiger partial charge in [-0.25, -0.2) is 4.98 Å². The van der Waals surface area contributed by atoms with Crippen LogP contribution in [0.4, 0.5) is 0 Å². The molecular formula is C12H17NO2S. The van der Waals surface area contributed by atoms with Crippen LogP contribution in [0.5, 0.6) is 0 Å². The summed E-state index contributed by atoms with van der Waals surface area (Å²) in [5.41, 5.74) is 1.24. The fourth-order valence-corrected chi connectivity index (χ4v) is 3.38. The number of thiazole rings is 1. The Hall–Kier alpha value is -0.900. The second kappa shape index (κ2) is 4.95. The highest BCUT2D eigenvalue weighted by Gasteiger charge is 2.22. The number of aliphatic carboxylic acids is 1. The van der Waals surface area contributed by atoms with Gasteiger partial charge in [0.05, 0.1) is 17.1 Å². The molecule has 1 aliphatic rings. The minimum atomic E-state index is -0.740. The summed E-state index contributed by atoms with van der Waals surface area (Å²) in [7, 11) is 0. The Kier molecular flexibility index (Phi) is 3.59. The van der Waals surface area contributed by atoms with Crippen molar-refractivity contribution < 1.29 is 9.90 Å². The number of carboxylic acid groups (broad SMARTS) is 1. The maximum Gasteiger partial charge on any atom is 0.303 e. The van der Waals surface area contributed by atoms with Crippen molar-refractivity contribution in [1.82, 2.24) is 4.98 Å². The van der Waals surface area contributed by atoms with Crippen LogP contribution in [0.15, 0.2) is 0 Å². The molecule has 0 saturated heterocycles. The molecule has 3 nitrogen and oxygen atoms in total. The Morgan fingerprint density at radius 2 is 2.19 bits per heavy atom. The van der Waals surface area contributed by atoms with Gasteiger partial charge in [-0.2, -0.15) is 0 Å². The number of aryl methyl sites for hydroxylation is 2. The SMILES string of the molecule is Cc1sc(CCC(=O)O)nc1C1CCCC1. The quantitative estimate of drug-likeness (QED) is 0.878. The van der Waals surface area contributed by atoms with E-state index in [4.69, 9.17) is 5.11 Å². The molecule has 1 heterocycles. The summed E-state index contributed by atoms with van der Waals surface area (Å²) in [5.74, 6) is -0.106. The maximum atomic E-state index is 10.5. The molecule has 0 amide bonds. The fourth-order valence-electron chi connectivity index (χ4n) is 2.36. The first-order valence-electron chi connectivity index (χ1n) is 5.85. The Morgan fingerprint density at radius 1 is 1.50 bits per heavy atom. The van der Waals surface area contributed by atoms with Crippen molar-refractivity contribution >= 4 is 17.3 Å². The number of carboxylic acids is 1. The van der Waals surface area contributed by atoms with Crippen LogP contribution in [-0.4, -0.2) is 16.1 Å². The third-order valence-corrected chi connectivity index (χ3v) is 4.22. The van der Waals surface area contributed by atoms with E-state index in [1.165, 1.54) is 36.3 Å². The summed E-state index contributed by atoms with van der Waals surface area (Å²) in [6.45, 7) is 2.11. The average molecular weight is 239 g/mol. The molecule has 0 atom stereocenters. The molecule has 0 radical (unpaired) electrons. The highest BCUT2D eigenvalue weighted by atomic mass is 32.1. The summed E-state index contributed by atoms with van der Waals surface area (Å²) in [6, 6.07) is 0. The molecular weight excluding hydrogens is 222 g/mol. The van der Waals surface area contributed by atoms with Gasteiger partial charge in [0, 0.05) is 17.2 Å². The van der Waals surface area contributed by atoms with Crippen LogP contribution in [0.25, 0.3) is 0 Å². The van der Waals surface area contributed by atoms with Gasteiger partial charge in [-0.1, -0.05) is 12.8 Å². The second-order valence-corrected chi connectivity index (χ2v) is 5.71. The van der Waals surface area contributed by atoms with E-state index < -0.39 is 5.97 Å². The molecule has 1 aliphatic carbocycles. The van der Waals surface area contributed by atoms with Gasteiger partial charge in [-0.05, 0) is 19.8 Å². The van der Waals surface area contributed by atoms with Gasteiger partial charge in [-0.15, -0.1) is 11.3 Å². The minimum absolute atomic E-state index is 0.192. The van der Waals surface area contributed by atoms with Gasteiger partial charge in [0.2, 0.25) is 0 Å². The average Bonchev–Trinajstić information content (AvgIpc) is 2.83. The van der Waals surface area contributed by atoms with Crippen molar-refractivity contribution in [2.24, 2.45) is 0 Å². The summed E-state index contributed by atoms with van der Waals surface area (Å²) < 4.78 is 0. The maximum absolute atomic E-state index is 10.5. The number of nitrogens with zero attached hydrogens (tertiary/aromatic N) is 1. The van der Waals surface area contributed by atoms with Crippen molar-refractivity contribution in [2.45, 2.75) is 51.4 Å². The highest BCUT2D eigenvalue weighted by Crippen LogP contribution is 2.36. The molecule has 2 rings (SSSR count). The number of aromatic nitrogens is 1. The molecule has 0 spiro atoms. The van der Waals surface area contributed by atoms with E-state index in [2.05, 4.69) is 11.9 Å². The lowest BCUT2D eigenvalue weighted by molar-refractivity contribution is -0.136. The Labute approximate surface area is 99.5 Å². The molecule has 1 aromatic rings. The molecule has 0 aliphatic heterocycles. The van der Waals surface area contributed by atoms with Crippen molar-refractivity contribution in [3.8, 4) is 0 Å². The highest BCUT2D eigenvalue weighted by molar-refractivity contribution is 7.11. The second-order valence-electron chi connectivity index (χ2n) is 4.42. The van der Waals surface area contributed by atoms with E-state index in [1.807, 2.05) is 0 Å². The van der Waals surface area contributed by atoms with Gasteiger partial charge < -0.3 is 5.11 Å². The van der Waals surface area contributed by atoms with Gasteiger partial charge >= 0.3 is 5.97 Å². The summed E-state index contributed by atoms with van der Waals surface area (Å²) >= 11 is 1.67.